The van der Waals surface area contributed by atoms with E-state index >= 15 is 0 Å². The second-order valence-electron chi connectivity index (χ2n) is 5.52. The molecule has 2 amide bonds. The summed E-state index contributed by atoms with van der Waals surface area (Å²) >= 11 is 0. The number of urea groups is 1. The van der Waals surface area contributed by atoms with Gasteiger partial charge < -0.3 is 15.5 Å². The van der Waals surface area contributed by atoms with Gasteiger partial charge in [0.2, 0.25) is 0 Å². The van der Waals surface area contributed by atoms with Crippen LogP contribution < -0.4 is 10.6 Å². The van der Waals surface area contributed by atoms with Gasteiger partial charge in [0, 0.05) is 12.2 Å². The topological polar surface area (TPSA) is 44.4 Å². The van der Waals surface area contributed by atoms with Crippen molar-refractivity contribution in [2.45, 2.75) is 32.1 Å². The van der Waals surface area contributed by atoms with Crippen molar-refractivity contribution in [3.63, 3.8) is 0 Å². The summed E-state index contributed by atoms with van der Waals surface area (Å²) in [4.78, 5) is 14.2. The first-order chi connectivity index (χ1) is 10.3. The largest absolute Gasteiger partial charge is 0.338 e. The lowest BCUT2D eigenvalue weighted by Gasteiger charge is -2.26. The molecule has 0 saturated carbocycles. The van der Waals surface area contributed by atoms with E-state index in [0.717, 1.165) is 18.7 Å². The number of unbranched alkanes of at least 4 members (excludes halogenated alkanes) is 2. The fourth-order valence-corrected chi connectivity index (χ4v) is 2.56. The number of para-hydroxylation sites is 1. The second kappa shape index (κ2) is 9.40. The Morgan fingerprint density at radius 2 is 1.81 bits per heavy atom. The van der Waals surface area contributed by atoms with Crippen LogP contribution in [0.25, 0.3) is 0 Å². The van der Waals surface area contributed by atoms with Gasteiger partial charge >= 0.3 is 6.03 Å². The third kappa shape index (κ3) is 6.63. The van der Waals surface area contributed by atoms with Gasteiger partial charge in [-0.3, -0.25) is 0 Å². The van der Waals surface area contributed by atoms with Gasteiger partial charge in [-0.2, -0.15) is 0 Å². The van der Waals surface area contributed by atoms with E-state index in [1.165, 1.54) is 45.3 Å². The van der Waals surface area contributed by atoms with Gasteiger partial charge in [-0.1, -0.05) is 24.6 Å². The van der Waals surface area contributed by atoms with Gasteiger partial charge in [0.1, 0.15) is 0 Å². The third-order valence-corrected chi connectivity index (χ3v) is 3.77. The average Bonchev–Trinajstić information content (AvgIpc) is 2.53. The predicted octanol–water partition coefficient (Wildman–Crippen LogP) is 3.28. The van der Waals surface area contributed by atoms with Crippen molar-refractivity contribution in [2.24, 2.45) is 0 Å². The quantitative estimate of drug-likeness (QED) is 0.756. The fourth-order valence-electron chi connectivity index (χ4n) is 2.56. The predicted molar refractivity (Wildman–Crippen MR) is 87.3 cm³/mol. The highest BCUT2D eigenvalue weighted by molar-refractivity contribution is 5.89. The van der Waals surface area contributed by atoms with Crippen LogP contribution in [0.4, 0.5) is 10.5 Å². The lowest BCUT2D eigenvalue weighted by Crippen LogP contribution is -2.31. The molecule has 1 fully saturated rings. The Balaban J connectivity index is 1.46. The lowest BCUT2D eigenvalue weighted by molar-refractivity contribution is 0.246. The van der Waals surface area contributed by atoms with E-state index in [1.54, 1.807) is 0 Å². The van der Waals surface area contributed by atoms with Crippen LogP contribution in [-0.2, 0) is 0 Å². The molecule has 4 heteroatoms. The molecule has 1 aliphatic heterocycles. The number of hydrogen-bond acceptors (Lipinski definition) is 2. The minimum atomic E-state index is -0.118. The van der Waals surface area contributed by atoms with Gasteiger partial charge in [-0.15, -0.1) is 0 Å². The second-order valence-corrected chi connectivity index (χ2v) is 5.52. The Hall–Kier alpha value is -1.55. The maximum atomic E-state index is 11.7. The van der Waals surface area contributed by atoms with Crippen molar-refractivity contribution in [3.8, 4) is 0 Å². The van der Waals surface area contributed by atoms with Crippen LogP contribution in [0.2, 0.25) is 0 Å². The molecule has 1 saturated heterocycles. The maximum absolute atomic E-state index is 11.7. The molecule has 0 aliphatic carbocycles. The van der Waals surface area contributed by atoms with Crippen LogP contribution in [0, 0.1) is 6.42 Å². The number of amides is 2. The number of anilines is 1. The zero-order valence-corrected chi connectivity index (χ0v) is 12.7. The molecular formula is C17H26N3O. The SMILES string of the molecule is O=C(NCCCCCN1CC[CH]CC1)Nc1ccccc1. The first kappa shape index (κ1) is 15.8. The molecule has 0 spiro atoms. The fraction of sp³-hybridized carbons (Fsp3) is 0.529. The molecule has 0 aromatic heterocycles. The van der Waals surface area contributed by atoms with Crippen LogP contribution in [0.5, 0.6) is 0 Å². The third-order valence-electron chi connectivity index (χ3n) is 3.77. The zero-order valence-electron chi connectivity index (χ0n) is 12.7. The molecule has 1 aromatic rings. The molecule has 0 atom stereocenters. The molecule has 2 rings (SSSR count). The zero-order chi connectivity index (χ0) is 14.8. The standard InChI is InChI=1S/C17H26N3O/c21-17(19-16-10-4-1-5-11-16)18-12-6-2-7-13-20-14-8-3-9-15-20/h1,3-5,10-11H,2,6-9,12-15H2,(H2,18,19,21). The molecule has 21 heavy (non-hydrogen) atoms. The number of rotatable bonds is 7. The number of piperidine rings is 1. The van der Waals surface area contributed by atoms with Gasteiger partial charge in [0.15, 0.2) is 0 Å². The summed E-state index contributed by atoms with van der Waals surface area (Å²) in [6, 6.07) is 9.41. The first-order valence-corrected chi connectivity index (χ1v) is 7.98. The van der Waals surface area contributed by atoms with Crippen LogP contribution in [-0.4, -0.2) is 37.1 Å². The lowest BCUT2D eigenvalue weighted by atomic mass is 10.1. The maximum Gasteiger partial charge on any atom is 0.319 e. The average molecular weight is 288 g/mol. The summed E-state index contributed by atoms with van der Waals surface area (Å²) in [5.41, 5.74) is 0.830. The number of carbonyl (C=O) groups is 1. The Kier molecular flexibility index (Phi) is 7.08. The molecule has 0 bridgehead atoms. The van der Waals surface area contributed by atoms with E-state index in [0.29, 0.717) is 0 Å². The number of hydrogen-bond donors (Lipinski definition) is 2. The summed E-state index contributed by atoms with van der Waals surface area (Å²) in [5.74, 6) is 0. The van der Waals surface area contributed by atoms with Crippen LogP contribution in [0.1, 0.15) is 32.1 Å². The van der Waals surface area contributed by atoms with Crippen molar-refractivity contribution in [1.29, 1.82) is 0 Å². The first-order valence-electron chi connectivity index (χ1n) is 7.98. The monoisotopic (exact) mass is 288 g/mol. The van der Waals surface area contributed by atoms with E-state index < -0.39 is 0 Å². The van der Waals surface area contributed by atoms with E-state index in [2.05, 4.69) is 22.0 Å². The number of nitrogens with one attached hydrogen (secondary N) is 2. The molecule has 4 nitrogen and oxygen atoms in total. The van der Waals surface area contributed by atoms with Crippen molar-refractivity contribution in [1.82, 2.24) is 10.2 Å². The normalized spacial score (nSPS) is 15.6. The summed E-state index contributed by atoms with van der Waals surface area (Å²) < 4.78 is 0. The molecule has 0 unspecified atom stereocenters. The van der Waals surface area contributed by atoms with Gasteiger partial charge in [0.05, 0.1) is 0 Å². The number of benzene rings is 1. The molecule has 1 aromatic carbocycles. The molecule has 2 N–H and O–H groups in total. The smallest absolute Gasteiger partial charge is 0.319 e. The molecule has 1 aliphatic rings. The van der Waals surface area contributed by atoms with Crippen LogP contribution in [0.15, 0.2) is 30.3 Å². The van der Waals surface area contributed by atoms with Gasteiger partial charge in [-0.05, 0) is 63.9 Å². The number of nitrogens with zero attached hydrogens (tertiary/aromatic N) is 1. The minimum absolute atomic E-state index is 0.118. The Bertz CT molecular complexity index is 402. The summed E-state index contributed by atoms with van der Waals surface area (Å²) in [6.45, 7) is 4.38. The summed E-state index contributed by atoms with van der Waals surface area (Å²) in [6.07, 6.45) is 8.30. The Morgan fingerprint density at radius 3 is 2.57 bits per heavy atom. The minimum Gasteiger partial charge on any atom is -0.338 e. The summed E-state index contributed by atoms with van der Waals surface area (Å²) in [5, 5.41) is 5.72. The van der Waals surface area contributed by atoms with Crippen molar-refractivity contribution < 1.29 is 4.79 Å². The molecule has 1 heterocycles. The van der Waals surface area contributed by atoms with Crippen molar-refractivity contribution >= 4 is 11.7 Å². The highest BCUT2D eigenvalue weighted by atomic mass is 16.2. The Labute approximate surface area is 127 Å². The van der Waals surface area contributed by atoms with Gasteiger partial charge in [0.25, 0.3) is 0 Å². The summed E-state index contributed by atoms with van der Waals surface area (Å²) in [7, 11) is 0. The molecule has 1 radical (unpaired) electrons. The van der Waals surface area contributed by atoms with E-state index in [-0.39, 0.29) is 6.03 Å². The molecular weight excluding hydrogens is 262 g/mol. The molecule has 115 valence electrons. The number of carbonyl (C=O) groups excluding carboxylic acids is 1. The number of likely N-dealkylation sites (tertiary alicyclic amines) is 1. The van der Waals surface area contributed by atoms with Crippen LogP contribution >= 0.6 is 0 Å². The highest BCUT2D eigenvalue weighted by Gasteiger charge is 2.08. The van der Waals surface area contributed by atoms with Crippen molar-refractivity contribution in [3.05, 3.63) is 36.8 Å². The van der Waals surface area contributed by atoms with Crippen molar-refractivity contribution in [2.75, 3.05) is 31.5 Å². The van der Waals surface area contributed by atoms with Gasteiger partial charge in [-0.25, -0.2) is 4.79 Å². The van der Waals surface area contributed by atoms with E-state index in [1.807, 2.05) is 30.3 Å². The highest BCUT2D eigenvalue weighted by Crippen LogP contribution is 2.09. The van der Waals surface area contributed by atoms with E-state index in [9.17, 15) is 4.79 Å². The van der Waals surface area contributed by atoms with E-state index in [4.69, 9.17) is 0 Å². The Morgan fingerprint density at radius 1 is 1.05 bits per heavy atom. The van der Waals surface area contributed by atoms with Crippen LogP contribution in [0.3, 0.4) is 0 Å².